The molecule has 2 aromatic carbocycles. The monoisotopic (exact) mass is 354 g/mol. The maximum atomic E-state index is 12.6. The molecule has 0 spiro atoms. The Morgan fingerprint density at radius 2 is 1.88 bits per heavy atom. The minimum Gasteiger partial charge on any atom is -0.381 e. The molecule has 6 heteroatoms. The van der Waals surface area contributed by atoms with Crippen LogP contribution in [-0.4, -0.2) is 30.6 Å². The van der Waals surface area contributed by atoms with Crippen LogP contribution < -0.4 is 5.32 Å². The van der Waals surface area contributed by atoms with Crippen LogP contribution in [0.2, 0.25) is 0 Å². The van der Waals surface area contributed by atoms with Crippen molar-refractivity contribution in [2.75, 3.05) is 19.8 Å². The Balaban J connectivity index is 1.76. The smallest absolute Gasteiger partial charge is 0.272 e. The SMILES string of the molecule is Cc1cc(C(=O)NCC2(c3ccccc3)CCOCC2)ccc1[N+](=O)[O-]. The molecule has 2 aromatic rings. The molecule has 1 N–H and O–H groups in total. The number of aryl methyl sites for hydroxylation is 1. The highest BCUT2D eigenvalue weighted by molar-refractivity contribution is 5.94. The van der Waals surface area contributed by atoms with Crippen molar-refractivity contribution in [1.82, 2.24) is 5.32 Å². The van der Waals surface area contributed by atoms with E-state index in [9.17, 15) is 14.9 Å². The summed E-state index contributed by atoms with van der Waals surface area (Å²) in [7, 11) is 0. The zero-order chi connectivity index (χ0) is 18.6. The van der Waals surface area contributed by atoms with E-state index < -0.39 is 4.92 Å². The number of carbonyl (C=O) groups is 1. The Hall–Kier alpha value is -2.73. The largest absolute Gasteiger partial charge is 0.381 e. The van der Waals surface area contributed by atoms with Gasteiger partial charge in [0.15, 0.2) is 0 Å². The highest BCUT2D eigenvalue weighted by Crippen LogP contribution is 2.34. The van der Waals surface area contributed by atoms with Gasteiger partial charge in [-0.25, -0.2) is 0 Å². The third-order valence-corrected chi connectivity index (χ3v) is 5.08. The molecule has 26 heavy (non-hydrogen) atoms. The lowest BCUT2D eigenvalue weighted by atomic mass is 9.74. The average molecular weight is 354 g/mol. The van der Waals surface area contributed by atoms with Gasteiger partial charge in [0.25, 0.3) is 11.6 Å². The van der Waals surface area contributed by atoms with Gasteiger partial charge in [0.2, 0.25) is 0 Å². The Kier molecular flexibility index (Phi) is 5.32. The minimum atomic E-state index is -0.441. The van der Waals surface area contributed by atoms with Crippen LogP contribution >= 0.6 is 0 Å². The molecule has 1 saturated heterocycles. The zero-order valence-corrected chi connectivity index (χ0v) is 14.7. The van der Waals surface area contributed by atoms with Crippen molar-refractivity contribution >= 4 is 11.6 Å². The second-order valence-electron chi connectivity index (χ2n) is 6.70. The molecule has 1 aliphatic rings. The predicted molar refractivity (Wildman–Crippen MR) is 98.3 cm³/mol. The van der Waals surface area contributed by atoms with E-state index in [2.05, 4.69) is 17.4 Å². The first-order chi connectivity index (χ1) is 12.5. The summed E-state index contributed by atoms with van der Waals surface area (Å²) in [6, 6.07) is 14.6. The van der Waals surface area contributed by atoms with Crippen LogP contribution in [0, 0.1) is 17.0 Å². The lowest BCUT2D eigenvalue weighted by Crippen LogP contribution is -2.44. The fraction of sp³-hybridized carbons (Fsp3) is 0.350. The number of ether oxygens (including phenoxy) is 1. The van der Waals surface area contributed by atoms with E-state index in [4.69, 9.17) is 4.74 Å². The van der Waals surface area contributed by atoms with Crippen molar-refractivity contribution < 1.29 is 14.5 Å². The van der Waals surface area contributed by atoms with Gasteiger partial charge in [-0.1, -0.05) is 30.3 Å². The summed E-state index contributed by atoms with van der Waals surface area (Å²) >= 11 is 0. The molecule has 0 unspecified atom stereocenters. The van der Waals surface area contributed by atoms with E-state index in [0.29, 0.717) is 30.9 Å². The molecule has 3 rings (SSSR count). The van der Waals surface area contributed by atoms with Gasteiger partial charge in [-0.2, -0.15) is 0 Å². The van der Waals surface area contributed by atoms with Crippen LogP contribution in [0.15, 0.2) is 48.5 Å². The van der Waals surface area contributed by atoms with Crippen molar-refractivity contribution in [2.45, 2.75) is 25.2 Å². The maximum Gasteiger partial charge on any atom is 0.272 e. The summed E-state index contributed by atoms with van der Waals surface area (Å²) in [6.07, 6.45) is 1.69. The van der Waals surface area contributed by atoms with E-state index >= 15 is 0 Å². The molecule has 136 valence electrons. The van der Waals surface area contributed by atoms with Crippen LogP contribution in [0.5, 0.6) is 0 Å². The van der Waals surface area contributed by atoms with Crippen molar-refractivity contribution in [3.05, 3.63) is 75.3 Å². The van der Waals surface area contributed by atoms with E-state index in [1.165, 1.54) is 17.7 Å². The van der Waals surface area contributed by atoms with Gasteiger partial charge in [-0.15, -0.1) is 0 Å². The summed E-state index contributed by atoms with van der Waals surface area (Å²) < 4.78 is 5.51. The van der Waals surface area contributed by atoms with Crippen LogP contribution in [0.1, 0.15) is 34.3 Å². The number of hydrogen-bond donors (Lipinski definition) is 1. The van der Waals surface area contributed by atoms with E-state index in [0.717, 1.165) is 12.8 Å². The van der Waals surface area contributed by atoms with Crippen molar-refractivity contribution in [2.24, 2.45) is 0 Å². The molecule has 0 saturated carbocycles. The molecular weight excluding hydrogens is 332 g/mol. The number of benzene rings is 2. The topological polar surface area (TPSA) is 81.5 Å². The molecule has 6 nitrogen and oxygen atoms in total. The molecule has 1 fully saturated rings. The average Bonchev–Trinajstić information content (AvgIpc) is 2.67. The lowest BCUT2D eigenvalue weighted by Gasteiger charge is -2.38. The number of rotatable bonds is 5. The van der Waals surface area contributed by atoms with E-state index in [1.54, 1.807) is 13.0 Å². The Morgan fingerprint density at radius 1 is 1.19 bits per heavy atom. The second kappa shape index (κ2) is 7.66. The van der Waals surface area contributed by atoms with Gasteiger partial charge in [0, 0.05) is 42.4 Å². The number of nitro benzene ring substituents is 1. The third-order valence-electron chi connectivity index (χ3n) is 5.08. The fourth-order valence-corrected chi connectivity index (χ4v) is 3.47. The zero-order valence-electron chi connectivity index (χ0n) is 14.7. The van der Waals surface area contributed by atoms with Gasteiger partial charge in [-0.05, 0) is 37.5 Å². The molecule has 1 heterocycles. The number of nitrogens with one attached hydrogen (secondary N) is 1. The quantitative estimate of drug-likeness (QED) is 0.659. The number of amides is 1. The van der Waals surface area contributed by atoms with Gasteiger partial charge in [-0.3, -0.25) is 14.9 Å². The van der Waals surface area contributed by atoms with Gasteiger partial charge in [0.1, 0.15) is 0 Å². The highest BCUT2D eigenvalue weighted by atomic mass is 16.6. The first-order valence-corrected chi connectivity index (χ1v) is 8.68. The lowest BCUT2D eigenvalue weighted by molar-refractivity contribution is -0.385. The van der Waals surface area contributed by atoms with Gasteiger partial charge >= 0.3 is 0 Å². The third kappa shape index (κ3) is 3.75. The summed E-state index contributed by atoms with van der Waals surface area (Å²) in [4.78, 5) is 23.1. The predicted octanol–water partition coefficient (Wildman–Crippen LogP) is 3.38. The number of nitrogens with zero attached hydrogens (tertiary/aromatic N) is 1. The fourth-order valence-electron chi connectivity index (χ4n) is 3.47. The van der Waals surface area contributed by atoms with Crippen molar-refractivity contribution in [3.8, 4) is 0 Å². The van der Waals surface area contributed by atoms with E-state index in [1.807, 2.05) is 18.2 Å². The van der Waals surface area contributed by atoms with E-state index in [-0.39, 0.29) is 17.0 Å². The summed E-state index contributed by atoms with van der Waals surface area (Å²) in [5, 5.41) is 13.9. The second-order valence-corrected chi connectivity index (χ2v) is 6.70. The van der Waals surface area contributed by atoms with Crippen LogP contribution in [0.3, 0.4) is 0 Å². The number of hydrogen-bond acceptors (Lipinski definition) is 4. The van der Waals surface area contributed by atoms with Crippen LogP contribution in [0.4, 0.5) is 5.69 Å². The highest BCUT2D eigenvalue weighted by Gasteiger charge is 2.34. The first kappa shape index (κ1) is 18.1. The Morgan fingerprint density at radius 3 is 2.50 bits per heavy atom. The van der Waals surface area contributed by atoms with Crippen LogP contribution in [-0.2, 0) is 10.2 Å². The first-order valence-electron chi connectivity index (χ1n) is 8.68. The Bertz CT molecular complexity index is 799. The van der Waals surface area contributed by atoms with Gasteiger partial charge < -0.3 is 10.1 Å². The molecule has 0 aliphatic carbocycles. The molecule has 0 radical (unpaired) electrons. The summed E-state index contributed by atoms with van der Waals surface area (Å²) in [6.45, 7) is 3.48. The molecule has 1 aliphatic heterocycles. The van der Waals surface area contributed by atoms with Crippen molar-refractivity contribution in [1.29, 1.82) is 0 Å². The van der Waals surface area contributed by atoms with Gasteiger partial charge in [0.05, 0.1) is 4.92 Å². The number of nitro groups is 1. The minimum absolute atomic E-state index is 0.0201. The maximum absolute atomic E-state index is 12.6. The molecule has 0 aromatic heterocycles. The molecule has 0 atom stereocenters. The number of carbonyl (C=O) groups excluding carboxylic acids is 1. The van der Waals surface area contributed by atoms with Crippen molar-refractivity contribution in [3.63, 3.8) is 0 Å². The Labute approximate surface area is 152 Å². The molecule has 1 amide bonds. The normalized spacial score (nSPS) is 16.0. The summed E-state index contributed by atoms with van der Waals surface area (Å²) in [5.41, 5.74) is 1.98. The van der Waals surface area contributed by atoms with Crippen LogP contribution in [0.25, 0.3) is 0 Å². The standard InChI is InChI=1S/C20H22N2O4/c1-15-13-16(7-8-18(15)22(24)25)19(23)21-14-20(9-11-26-12-10-20)17-5-3-2-4-6-17/h2-8,13H,9-12,14H2,1H3,(H,21,23). The molecular formula is C20H22N2O4. The summed E-state index contributed by atoms with van der Waals surface area (Å²) in [5.74, 6) is -0.218. The molecule has 0 bridgehead atoms.